The Labute approximate surface area is 186 Å². The molecule has 2 fully saturated rings. The van der Waals surface area contributed by atoms with Gasteiger partial charge in [0.25, 0.3) is 5.69 Å². The Bertz CT molecular complexity index is 1060. The molecule has 0 aliphatic carbocycles. The highest BCUT2D eigenvalue weighted by molar-refractivity contribution is 7.89. The zero-order valence-electron chi connectivity index (χ0n) is 16.9. The first-order valence-corrected chi connectivity index (χ1v) is 12.1. The Balaban J connectivity index is 1.62. The van der Waals surface area contributed by atoms with Crippen molar-refractivity contribution in [3.63, 3.8) is 0 Å². The van der Waals surface area contributed by atoms with Gasteiger partial charge in [-0.3, -0.25) is 10.1 Å². The van der Waals surface area contributed by atoms with Crippen LogP contribution in [0.5, 0.6) is 0 Å². The first kappa shape index (κ1) is 22.0. The van der Waals surface area contributed by atoms with Crippen molar-refractivity contribution >= 4 is 33.0 Å². The van der Waals surface area contributed by atoms with Crippen LogP contribution in [-0.2, 0) is 14.8 Å². The monoisotopic (exact) mass is 465 g/mol. The van der Waals surface area contributed by atoms with E-state index in [-0.39, 0.29) is 16.7 Å². The number of morpholine rings is 1. The standard InChI is InChI=1S/C21H24ClN3O5S/c22-17-6-4-16(5-7-17)21-15-23(12-13-30-21)19-9-8-18(14-20(19)25(26)27)31(28,29)24-10-2-1-3-11-24/h4-9,14,21H,1-3,10-13,15H2. The van der Waals surface area contributed by atoms with Crippen LogP contribution in [0.4, 0.5) is 11.4 Å². The number of ether oxygens (including phenoxy) is 1. The number of benzene rings is 2. The smallest absolute Gasteiger partial charge is 0.293 e. The predicted molar refractivity (Wildman–Crippen MR) is 118 cm³/mol. The van der Waals surface area contributed by atoms with Crippen LogP contribution in [0.15, 0.2) is 47.4 Å². The second-order valence-corrected chi connectivity index (χ2v) is 10.1. The molecule has 2 heterocycles. The fraction of sp³-hybridized carbons (Fsp3) is 0.429. The zero-order chi connectivity index (χ0) is 22.0. The van der Waals surface area contributed by atoms with Crippen LogP contribution in [0.2, 0.25) is 5.02 Å². The summed E-state index contributed by atoms with van der Waals surface area (Å²) in [6, 6.07) is 11.5. The van der Waals surface area contributed by atoms with Crippen LogP contribution in [0.25, 0.3) is 0 Å². The Kier molecular flexibility index (Phi) is 6.47. The van der Waals surface area contributed by atoms with Crippen LogP contribution < -0.4 is 4.90 Å². The van der Waals surface area contributed by atoms with E-state index in [4.69, 9.17) is 16.3 Å². The normalized spacial score (nSPS) is 20.5. The van der Waals surface area contributed by atoms with Gasteiger partial charge in [0.1, 0.15) is 11.8 Å². The van der Waals surface area contributed by atoms with E-state index in [1.54, 1.807) is 18.2 Å². The van der Waals surface area contributed by atoms with Crippen molar-refractivity contribution in [1.29, 1.82) is 0 Å². The third-order valence-electron chi connectivity index (χ3n) is 5.75. The molecule has 1 unspecified atom stereocenters. The molecule has 166 valence electrons. The third kappa shape index (κ3) is 4.69. The number of sulfonamides is 1. The average molecular weight is 466 g/mol. The van der Waals surface area contributed by atoms with Gasteiger partial charge < -0.3 is 9.64 Å². The number of nitrogens with zero attached hydrogens (tertiary/aromatic N) is 3. The molecule has 2 aromatic rings. The molecule has 1 atom stereocenters. The second kappa shape index (κ2) is 9.12. The molecule has 0 N–H and O–H groups in total. The maximum Gasteiger partial charge on any atom is 0.293 e. The van der Waals surface area contributed by atoms with E-state index in [0.717, 1.165) is 24.8 Å². The molecule has 2 aromatic carbocycles. The van der Waals surface area contributed by atoms with Gasteiger partial charge in [0.15, 0.2) is 0 Å². The lowest BCUT2D eigenvalue weighted by Gasteiger charge is -2.34. The van der Waals surface area contributed by atoms with Crippen molar-refractivity contribution in [3.8, 4) is 0 Å². The lowest BCUT2D eigenvalue weighted by atomic mass is 10.1. The number of anilines is 1. The quantitative estimate of drug-likeness (QED) is 0.489. The number of halogens is 1. The van der Waals surface area contributed by atoms with Crippen molar-refractivity contribution < 1.29 is 18.1 Å². The summed E-state index contributed by atoms with van der Waals surface area (Å²) in [6.45, 7) is 2.19. The maximum atomic E-state index is 13.0. The number of hydrogen-bond donors (Lipinski definition) is 0. The summed E-state index contributed by atoms with van der Waals surface area (Å²) in [7, 11) is -3.75. The van der Waals surface area contributed by atoms with Gasteiger partial charge in [0.2, 0.25) is 10.0 Å². The van der Waals surface area contributed by atoms with Crippen LogP contribution in [-0.4, -0.2) is 50.4 Å². The van der Waals surface area contributed by atoms with Gasteiger partial charge in [-0.2, -0.15) is 4.31 Å². The molecule has 0 bridgehead atoms. The molecule has 2 aliphatic heterocycles. The van der Waals surface area contributed by atoms with E-state index >= 15 is 0 Å². The van der Waals surface area contributed by atoms with E-state index in [1.807, 2.05) is 17.0 Å². The number of nitro benzene ring substituents is 1. The molecule has 2 aliphatic rings. The lowest BCUT2D eigenvalue weighted by Crippen LogP contribution is -2.39. The second-order valence-electron chi connectivity index (χ2n) is 7.73. The number of piperidine rings is 1. The van der Waals surface area contributed by atoms with Crippen molar-refractivity contribution in [2.24, 2.45) is 0 Å². The van der Waals surface area contributed by atoms with E-state index in [9.17, 15) is 18.5 Å². The number of rotatable bonds is 5. The van der Waals surface area contributed by atoms with Crippen LogP contribution in [0, 0.1) is 10.1 Å². The molecule has 4 rings (SSSR count). The highest BCUT2D eigenvalue weighted by atomic mass is 35.5. The van der Waals surface area contributed by atoms with Gasteiger partial charge in [-0.25, -0.2) is 8.42 Å². The SMILES string of the molecule is O=[N+]([O-])c1cc(S(=O)(=O)N2CCCCC2)ccc1N1CCOC(c2ccc(Cl)cc2)C1. The predicted octanol–water partition coefficient (Wildman–Crippen LogP) is 4.00. The molecule has 0 amide bonds. The minimum Gasteiger partial charge on any atom is -0.370 e. The molecule has 0 radical (unpaired) electrons. The summed E-state index contributed by atoms with van der Waals surface area (Å²) in [6.07, 6.45) is 2.34. The fourth-order valence-corrected chi connectivity index (χ4v) is 5.74. The Hall–Kier alpha value is -2.20. The molecule has 31 heavy (non-hydrogen) atoms. The Morgan fingerprint density at radius 3 is 2.42 bits per heavy atom. The minimum absolute atomic E-state index is 0.0349. The maximum absolute atomic E-state index is 13.0. The summed E-state index contributed by atoms with van der Waals surface area (Å²) in [5.74, 6) is 0. The van der Waals surface area contributed by atoms with Gasteiger partial charge in [0.05, 0.1) is 16.4 Å². The topological polar surface area (TPSA) is 93.0 Å². The van der Waals surface area contributed by atoms with E-state index < -0.39 is 14.9 Å². The van der Waals surface area contributed by atoms with Gasteiger partial charge in [-0.1, -0.05) is 30.2 Å². The first-order valence-electron chi connectivity index (χ1n) is 10.3. The molecule has 8 nitrogen and oxygen atoms in total. The van der Waals surface area contributed by atoms with Gasteiger partial charge >= 0.3 is 0 Å². The van der Waals surface area contributed by atoms with Gasteiger partial charge in [0, 0.05) is 37.3 Å². The van der Waals surface area contributed by atoms with Crippen LogP contribution in [0.1, 0.15) is 30.9 Å². The van der Waals surface area contributed by atoms with Crippen molar-refractivity contribution in [1.82, 2.24) is 4.31 Å². The Morgan fingerprint density at radius 1 is 1.03 bits per heavy atom. The molecule has 0 saturated carbocycles. The van der Waals surface area contributed by atoms with Gasteiger partial charge in [-0.05, 0) is 42.7 Å². The van der Waals surface area contributed by atoms with E-state index in [1.165, 1.54) is 16.4 Å². The number of hydrogen-bond acceptors (Lipinski definition) is 6. The lowest BCUT2D eigenvalue weighted by molar-refractivity contribution is -0.384. The molecular weight excluding hydrogens is 442 g/mol. The average Bonchev–Trinajstić information content (AvgIpc) is 2.80. The van der Waals surface area contributed by atoms with Crippen LogP contribution >= 0.6 is 11.6 Å². The van der Waals surface area contributed by atoms with Gasteiger partial charge in [-0.15, -0.1) is 0 Å². The summed E-state index contributed by atoms with van der Waals surface area (Å²) >= 11 is 5.96. The van der Waals surface area contributed by atoms with Crippen molar-refractivity contribution in [3.05, 3.63) is 63.2 Å². The highest BCUT2D eigenvalue weighted by Gasteiger charge is 2.31. The Morgan fingerprint density at radius 2 is 1.74 bits per heavy atom. The summed E-state index contributed by atoms with van der Waals surface area (Å²) in [5, 5.41) is 12.5. The first-order chi connectivity index (χ1) is 14.9. The van der Waals surface area contributed by atoms with E-state index in [2.05, 4.69) is 0 Å². The molecule has 2 saturated heterocycles. The fourth-order valence-electron chi connectivity index (χ4n) is 4.08. The highest BCUT2D eigenvalue weighted by Crippen LogP contribution is 2.35. The largest absolute Gasteiger partial charge is 0.370 e. The number of nitro groups is 1. The van der Waals surface area contributed by atoms with Crippen LogP contribution in [0.3, 0.4) is 0 Å². The summed E-state index contributed by atoms with van der Waals surface area (Å²) in [4.78, 5) is 13.2. The molecule has 0 spiro atoms. The molecule has 0 aromatic heterocycles. The van der Waals surface area contributed by atoms with E-state index in [0.29, 0.717) is 43.5 Å². The summed E-state index contributed by atoms with van der Waals surface area (Å²) in [5.41, 5.74) is 1.11. The summed E-state index contributed by atoms with van der Waals surface area (Å²) < 4.78 is 33.2. The molecule has 10 heteroatoms. The van der Waals surface area contributed by atoms with Crippen molar-refractivity contribution in [2.45, 2.75) is 30.3 Å². The third-order valence-corrected chi connectivity index (χ3v) is 7.89. The van der Waals surface area contributed by atoms with Crippen molar-refractivity contribution in [2.75, 3.05) is 37.7 Å². The zero-order valence-corrected chi connectivity index (χ0v) is 18.5. The molecular formula is C21H24ClN3O5S. The minimum atomic E-state index is -3.75.